The van der Waals surface area contributed by atoms with Crippen LogP contribution in [0.4, 0.5) is 10.8 Å². The third kappa shape index (κ3) is 5.51. The maximum Gasteiger partial charge on any atom is 0.232 e. The fourth-order valence-electron chi connectivity index (χ4n) is 1.90. The van der Waals surface area contributed by atoms with Gasteiger partial charge in [-0.05, 0) is 25.0 Å². The first-order valence-electron chi connectivity index (χ1n) is 7.63. The van der Waals surface area contributed by atoms with Crippen LogP contribution in [-0.4, -0.2) is 40.3 Å². The molecule has 1 heterocycles. The van der Waals surface area contributed by atoms with Crippen LogP contribution in [0.25, 0.3) is 0 Å². The van der Waals surface area contributed by atoms with E-state index >= 15 is 0 Å². The maximum absolute atomic E-state index is 12.0. The van der Waals surface area contributed by atoms with E-state index in [0.717, 1.165) is 40.1 Å². The zero-order valence-corrected chi connectivity index (χ0v) is 15.3. The molecule has 0 radical (unpaired) electrons. The van der Waals surface area contributed by atoms with Crippen molar-refractivity contribution < 1.29 is 4.79 Å². The summed E-state index contributed by atoms with van der Waals surface area (Å²) in [7, 11) is 1.85. The maximum atomic E-state index is 12.0. The predicted molar refractivity (Wildman–Crippen MR) is 97.6 cm³/mol. The van der Waals surface area contributed by atoms with Crippen molar-refractivity contribution >= 4 is 39.8 Å². The number of anilines is 2. The van der Waals surface area contributed by atoms with Gasteiger partial charge in [-0.15, -0.1) is 10.2 Å². The van der Waals surface area contributed by atoms with Gasteiger partial charge in [0, 0.05) is 19.3 Å². The SMILES string of the molecule is CCCCN(C)C(=O)CSc1nnc(Nc2ccccc2C)s1. The Morgan fingerprint density at radius 1 is 1.35 bits per heavy atom. The molecule has 23 heavy (non-hydrogen) atoms. The molecule has 1 aromatic carbocycles. The van der Waals surface area contributed by atoms with Gasteiger partial charge in [0.25, 0.3) is 0 Å². The summed E-state index contributed by atoms with van der Waals surface area (Å²) in [5, 5.41) is 12.3. The Kier molecular flexibility index (Phi) is 6.85. The van der Waals surface area contributed by atoms with Crippen LogP contribution >= 0.6 is 23.1 Å². The van der Waals surface area contributed by atoms with Crippen molar-refractivity contribution in [3.8, 4) is 0 Å². The highest BCUT2D eigenvalue weighted by atomic mass is 32.2. The first kappa shape index (κ1) is 17.7. The van der Waals surface area contributed by atoms with Crippen molar-refractivity contribution in [3.63, 3.8) is 0 Å². The summed E-state index contributed by atoms with van der Waals surface area (Å²) in [5.74, 6) is 0.534. The Morgan fingerprint density at radius 2 is 2.13 bits per heavy atom. The van der Waals surface area contributed by atoms with Gasteiger partial charge in [-0.25, -0.2) is 0 Å². The number of para-hydroxylation sites is 1. The summed E-state index contributed by atoms with van der Waals surface area (Å²) in [6, 6.07) is 8.04. The highest BCUT2D eigenvalue weighted by Crippen LogP contribution is 2.28. The Hall–Kier alpha value is -1.60. The zero-order chi connectivity index (χ0) is 16.7. The number of hydrogen-bond donors (Lipinski definition) is 1. The van der Waals surface area contributed by atoms with Crippen LogP contribution in [-0.2, 0) is 4.79 Å². The van der Waals surface area contributed by atoms with Crippen LogP contribution in [0, 0.1) is 6.92 Å². The van der Waals surface area contributed by atoms with Crippen molar-refractivity contribution in [2.24, 2.45) is 0 Å². The smallest absolute Gasteiger partial charge is 0.232 e. The third-order valence-electron chi connectivity index (χ3n) is 3.39. The monoisotopic (exact) mass is 350 g/mol. The lowest BCUT2D eigenvalue weighted by Gasteiger charge is -2.15. The summed E-state index contributed by atoms with van der Waals surface area (Å²) >= 11 is 2.91. The molecule has 2 aromatic rings. The molecule has 1 amide bonds. The first-order chi connectivity index (χ1) is 11.1. The number of nitrogens with one attached hydrogen (secondary N) is 1. The minimum absolute atomic E-state index is 0.132. The second-order valence-electron chi connectivity index (χ2n) is 5.27. The highest BCUT2D eigenvalue weighted by molar-refractivity contribution is 8.01. The fraction of sp³-hybridized carbons (Fsp3) is 0.438. The number of aromatic nitrogens is 2. The van der Waals surface area contributed by atoms with E-state index in [0.29, 0.717) is 5.75 Å². The standard InChI is InChI=1S/C16H22N4OS2/c1-4-5-10-20(3)14(21)11-22-16-19-18-15(23-16)17-13-9-7-6-8-12(13)2/h6-9H,4-5,10-11H2,1-3H3,(H,17,18). The molecule has 0 unspecified atom stereocenters. The highest BCUT2D eigenvalue weighted by Gasteiger charge is 2.12. The van der Waals surface area contributed by atoms with Gasteiger partial charge in [-0.1, -0.05) is 54.6 Å². The molecular weight excluding hydrogens is 328 g/mol. The van der Waals surface area contributed by atoms with Crippen LogP contribution < -0.4 is 5.32 Å². The quantitative estimate of drug-likeness (QED) is 0.731. The number of amides is 1. The zero-order valence-electron chi connectivity index (χ0n) is 13.7. The van der Waals surface area contributed by atoms with Gasteiger partial charge in [0.15, 0.2) is 4.34 Å². The average Bonchev–Trinajstić information content (AvgIpc) is 3.00. The lowest BCUT2D eigenvalue weighted by molar-refractivity contribution is -0.127. The molecule has 0 saturated heterocycles. The van der Waals surface area contributed by atoms with E-state index < -0.39 is 0 Å². The second-order valence-corrected chi connectivity index (χ2v) is 7.47. The molecule has 0 atom stereocenters. The number of unbranched alkanes of at least 4 members (excludes halogenated alkanes) is 1. The molecule has 0 fully saturated rings. The Bertz CT molecular complexity index is 645. The molecule has 124 valence electrons. The number of aryl methyl sites for hydroxylation is 1. The molecule has 0 aliphatic carbocycles. The number of carbonyl (C=O) groups is 1. The molecule has 0 spiro atoms. The van der Waals surface area contributed by atoms with Gasteiger partial charge < -0.3 is 10.2 Å². The molecule has 0 aliphatic heterocycles. The van der Waals surface area contributed by atoms with Crippen molar-refractivity contribution in [1.29, 1.82) is 0 Å². The summed E-state index contributed by atoms with van der Waals surface area (Å²) in [5.41, 5.74) is 2.18. The third-order valence-corrected chi connectivity index (χ3v) is 5.34. The number of nitrogens with zero attached hydrogens (tertiary/aromatic N) is 3. The number of thioether (sulfide) groups is 1. The number of rotatable bonds is 8. The minimum Gasteiger partial charge on any atom is -0.345 e. The summed E-state index contributed by atoms with van der Waals surface area (Å²) in [6.07, 6.45) is 2.13. The van der Waals surface area contributed by atoms with Gasteiger partial charge in [0.1, 0.15) is 0 Å². The Balaban J connectivity index is 1.85. The molecule has 2 rings (SSSR count). The summed E-state index contributed by atoms with van der Waals surface area (Å²) in [4.78, 5) is 13.8. The number of hydrogen-bond acceptors (Lipinski definition) is 6. The van der Waals surface area contributed by atoms with Crippen LogP contribution in [0.15, 0.2) is 28.6 Å². The molecule has 5 nitrogen and oxygen atoms in total. The van der Waals surface area contributed by atoms with Crippen molar-refractivity contribution in [3.05, 3.63) is 29.8 Å². The van der Waals surface area contributed by atoms with Gasteiger partial charge in [-0.2, -0.15) is 0 Å². The van der Waals surface area contributed by atoms with E-state index in [4.69, 9.17) is 0 Å². The topological polar surface area (TPSA) is 58.1 Å². The van der Waals surface area contributed by atoms with E-state index in [1.54, 1.807) is 4.90 Å². The van der Waals surface area contributed by atoms with Crippen molar-refractivity contribution in [2.75, 3.05) is 24.7 Å². The Labute approximate surface area is 145 Å². The average molecular weight is 351 g/mol. The normalized spacial score (nSPS) is 10.6. The molecule has 1 aromatic heterocycles. The van der Waals surface area contributed by atoms with E-state index in [1.807, 2.05) is 38.2 Å². The molecule has 0 saturated carbocycles. The fourth-order valence-corrected chi connectivity index (χ4v) is 3.61. The lowest BCUT2D eigenvalue weighted by atomic mass is 10.2. The van der Waals surface area contributed by atoms with Gasteiger partial charge in [0.2, 0.25) is 11.0 Å². The van der Waals surface area contributed by atoms with Crippen molar-refractivity contribution in [1.82, 2.24) is 15.1 Å². The predicted octanol–water partition coefficient (Wildman–Crippen LogP) is 3.94. The molecule has 0 aliphatic rings. The number of benzene rings is 1. The van der Waals surface area contributed by atoms with Crippen LogP contribution in [0.5, 0.6) is 0 Å². The van der Waals surface area contributed by atoms with Gasteiger partial charge in [0.05, 0.1) is 5.75 Å². The van der Waals surface area contributed by atoms with Crippen LogP contribution in [0.1, 0.15) is 25.3 Å². The minimum atomic E-state index is 0.132. The van der Waals surface area contributed by atoms with E-state index in [1.165, 1.54) is 23.1 Å². The largest absolute Gasteiger partial charge is 0.345 e. The number of carbonyl (C=O) groups excluding carboxylic acids is 1. The summed E-state index contributed by atoms with van der Waals surface area (Å²) in [6.45, 7) is 4.98. The Morgan fingerprint density at radius 3 is 2.87 bits per heavy atom. The molecule has 1 N–H and O–H groups in total. The first-order valence-corrected chi connectivity index (χ1v) is 9.43. The molecular formula is C16H22N4OS2. The van der Waals surface area contributed by atoms with E-state index in [2.05, 4.69) is 22.4 Å². The van der Waals surface area contributed by atoms with Crippen molar-refractivity contribution in [2.45, 2.75) is 31.0 Å². The van der Waals surface area contributed by atoms with E-state index in [9.17, 15) is 4.79 Å². The second kappa shape index (κ2) is 8.88. The molecule has 0 bridgehead atoms. The van der Waals surface area contributed by atoms with Crippen LogP contribution in [0.3, 0.4) is 0 Å². The molecule has 7 heteroatoms. The van der Waals surface area contributed by atoms with E-state index in [-0.39, 0.29) is 5.91 Å². The summed E-state index contributed by atoms with van der Waals surface area (Å²) < 4.78 is 0.804. The van der Waals surface area contributed by atoms with Gasteiger partial charge >= 0.3 is 0 Å². The lowest BCUT2D eigenvalue weighted by Crippen LogP contribution is -2.29. The van der Waals surface area contributed by atoms with Gasteiger partial charge in [-0.3, -0.25) is 4.79 Å². The van der Waals surface area contributed by atoms with Crippen LogP contribution in [0.2, 0.25) is 0 Å².